The third kappa shape index (κ3) is 2.58. The molecule has 3 aromatic heterocycles. The van der Waals surface area contributed by atoms with Crippen molar-refractivity contribution in [2.45, 2.75) is 6.92 Å². The summed E-state index contributed by atoms with van der Waals surface area (Å²) in [6.07, 6.45) is 1.86. The van der Waals surface area contributed by atoms with E-state index in [9.17, 15) is 4.79 Å². The van der Waals surface area contributed by atoms with Gasteiger partial charge < -0.3 is 14.3 Å². The van der Waals surface area contributed by atoms with Gasteiger partial charge in [-0.15, -0.1) is 0 Å². The Morgan fingerprint density at radius 3 is 2.79 bits per heavy atom. The number of pyridine rings is 1. The van der Waals surface area contributed by atoms with Crippen LogP contribution in [0.25, 0.3) is 44.2 Å². The number of hydrogen-bond donors (Lipinski definition) is 2. The maximum Gasteiger partial charge on any atom is 0.182 e. The summed E-state index contributed by atoms with van der Waals surface area (Å²) in [5, 5.41) is 7.78. The van der Waals surface area contributed by atoms with Crippen LogP contribution >= 0.6 is 0 Å². The van der Waals surface area contributed by atoms with Crippen LogP contribution in [0.4, 0.5) is 0 Å². The molecule has 0 amide bonds. The number of aromatic nitrogens is 3. The van der Waals surface area contributed by atoms with Crippen molar-refractivity contribution in [3.8, 4) is 16.9 Å². The first-order valence-electron chi connectivity index (χ1n) is 8.90. The number of ether oxygens (including phenoxy) is 1. The summed E-state index contributed by atoms with van der Waals surface area (Å²) in [5.74, 6) is 0.773. The first-order chi connectivity index (χ1) is 13.6. The Morgan fingerprint density at radius 2 is 2.00 bits per heavy atom. The number of benzene rings is 2. The lowest BCUT2D eigenvalue weighted by Crippen LogP contribution is -1.97. The number of furan rings is 1. The maximum atomic E-state index is 11.7. The van der Waals surface area contributed by atoms with E-state index in [1.54, 1.807) is 6.07 Å². The number of nitrogens with zero attached hydrogens (tertiary/aromatic N) is 1. The third-order valence-corrected chi connectivity index (χ3v) is 4.65. The number of H-pyrrole nitrogens is 2. The molecule has 0 unspecified atom stereocenters. The van der Waals surface area contributed by atoms with Crippen LogP contribution in [0.1, 0.15) is 6.92 Å². The SMILES string of the molecule is C=C(C)COc1ccc(-c2c3c[nH][nH]c3nc3c2oc2cc(=O)ccc23)cc1. The lowest BCUT2D eigenvalue weighted by atomic mass is 10.0. The second-order valence-corrected chi connectivity index (χ2v) is 6.87. The molecule has 3 heterocycles. The zero-order chi connectivity index (χ0) is 19.3. The van der Waals surface area contributed by atoms with Gasteiger partial charge in [-0.25, -0.2) is 4.98 Å². The van der Waals surface area contributed by atoms with Gasteiger partial charge in [0.1, 0.15) is 23.5 Å². The van der Waals surface area contributed by atoms with Crippen molar-refractivity contribution >= 4 is 33.1 Å². The molecule has 0 atom stereocenters. The van der Waals surface area contributed by atoms with Crippen molar-refractivity contribution in [1.82, 2.24) is 15.2 Å². The summed E-state index contributed by atoms with van der Waals surface area (Å²) >= 11 is 0. The molecular weight excluding hydrogens is 354 g/mol. The van der Waals surface area contributed by atoms with Crippen LogP contribution in [0.2, 0.25) is 0 Å². The summed E-state index contributed by atoms with van der Waals surface area (Å²) in [4.78, 5) is 16.4. The molecule has 138 valence electrons. The van der Waals surface area contributed by atoms with E-state index < -0.39 is 0 Å². The highest BCUT2D eigenvalue weighted by Gasteiger charge is 2.18. The summed E-state index contributed by atoms with van der Waals surface area (Å²) in [7, 11) is 0. The van der Waals surface area contributed by atoms with Gasteiger partial charge in [0.2, 0.25) is 0 Å². The molecule has 0 aliphatic carbocycles. The Bertz CT molecular complexity index is 1400. The highest BCUT2D eigenvalue weighted by atomic mass is 16.5. The Balaban J connectivity index is 1.74. The van der Waals surface area contributed by atoms with E-state index in [0.717, 1.165) is 44.4 Å². The van der Waals surface area contributed by atoms with Gasteiger partial charge in [0, 0.05) is 28.6 Å². The molecule has 0 aliphatic heterocycles. The summed E-state index contributed by atoms with van der Waals surface area (Å²) in [6.45, 7) is 6.26. The van der Waals surface area contributed by atoms with E-state index in [0.29, 0.717) is 17.8 Å². The molecule has 0 spiro atoms. The van der Waals surface area contributed by atoms with Crippen molar-refractivity contribution in [3.63, 3.8) is 0 Å². The molecule has 5 rings (SSSR count). The molecule has 6 nitrogen and oxygen atoms in total. The van der Waals surface area contributed by atoms with E-state index in [-0.39, 0.29) is 5.43 Å². The van der Waals surface area contributed by atoms with Crippen LogP contribution < -0.4 is 10.2 Å². The molecule has 0 saturated carbocycles. The topological polar surface area (TPSA) is 83.9 Å². The van der Waals surface area contributed by atoms with Crippen LogP contribution in [0.15, 0.2) is 70.0 Å². The third-order valence-electron chi connectivity index (χ3n) is 4.65. The second kappa shape index (κ2) is 6.13. The average molecular weight is 371 g/mol. The fourth-order valence-corrected chi connectivity index (χ4v) is 3.38. The predicted octanol–water partition coefficient (Wildman–Crippen LogP) is 4.77. The molecule has 5 aromatic rings. The summed E-state index contributed by atoms with van der Waals surface area (Å²) < 4.78 is 11.8. The van der Waals surface area contributed by atoms with Crippen molar-refractivity contribution in [2.75, 3.05) is 6.61 Å². The van der Waals surface area contributed by atoms with E-state index in [1.165, 1.54) is 12.1 Å². The minimum absolute atomic E-state index is 0.0917. The highest BCUT2D eigenvalue weighted by molar-refractivity contribution is 6.14. The van der Waals surface area contributed by atoms with Crippen LogP contribution in [0, 0.1) is 0 Å². The number of nitrogens with one attached hydrogen (secondary N) is 2. The Kier molecular flexibility index (Phi) is 3.58. The Morgan fingerprint density at radius 1 is 1.18 bits per heavy atom. The zero-order valence-electron chi connectivity index (χ0n) is 15.2. The quantitative estimate of drug-likeness (QED) is 0.446. The van der Waals surface area contributed by atoms with Crippen LogP contribution in [0.5, 0.6) is 5.75 Å². The van der Waals surface area contributed by atoms with E-state index in [2.05, 4.69) is 16.8 Å². The summed E-state index contributed by atoms with van der Waals surface area (Å²) in [6, 6.07) is 12.6. The van der Waals surface area contributed by atoms with Crippen LogP contribution in [-0.2, 0) is 0 Å². The molecule has 0 fully saturated rings. The number of rotatable bonds is 4. The van der Waals surface area contributed by atoms with Gasteiger partial charge in [-0.2, -0.15) is 0 Å². The van der Waals surface area contributed by atoms with Gasteiger partial charge in [0.25, 0.3) is 0 Å². The first kappa shape index (κ1) is 16.4. The lowest BCUT2D eigenvalue weighted by molar-refractivity contribution is 0.353. The van der Waals surface area contributed by atoms with E-state index >= 15 is 0 Å². The fraction of sp³-hybridized carbons (Fsp3) is 0.0909. The summed E-state index contributed by atoms with van der Waals surface area (Å²) in [5.41, 5.74) is 5.37. The first-order valence-corrected chi connectivity index (χ1v) is 8.90. The van der Waals surface area contributed by atoms with Crippen molar-refractivity contribution in [2.24, 2.45) is 0 Å². The molecular formula is C22H17N3O3. The molecule has 28 heavy (non-hydrogen) atoms. The monoisotopic (exact) mass is 371 g/mol. The Labute approximate surface area is 159 Å². The zero-order valence-corrected chi connectivity index (χ0v) is 15.2. The number of fused-ring (bicyclic) bond motifs is 4. The second-order valence-electron chi connectivity index (χ2n) is 6.87. The van der Waals surface area contributed by atoms with Gasteiger partial charge in [0.05, 0.1) is 0 Å². The molecule has 0 saturated heterocycles. The van der Waals surface area contributed by atoms with Gasteiger partial charge in [0.15, 0.2) is 16.7 Å². The standard InChI is InChI=1S/C22H17N3O3/c1-12(2)11-27-15-6-3-13(4-7-15)19-17-10-23-25-22(17)24-20-16-8-5-14(26)9-18(16)28-21(19)20/h3-10H,1,11H2,2H3,(H2,23,24,25). The van der Waals surface area contributed by atoms with Gasteiger partial charge in [-0.3, -0.25) is 9.89 Å². The van der Waals surface area contributed by atoms with Crippen molar-refractivity contribution in [1.29, 1.82) is 0 Å². The van der Waals surface area contributed by atoms with Gasteiger partial charge in [-0.1, -0.05) is 18.7 Å². The van der Waals surface area contributed by atoms with E-state index in [4.69, 9.17) is 14.1 Å². The largest absolute Gasteiger partial charge is 0.489 e. The van der Waals surface area contributed by atoms with Gasteiger partial charge >= 0.3 is 0 Å². The minimum Gasteiger partial charge on any atom is -0.489 e. The smallest absolute Gasteiger partial charge is 0.182 e. The fourth-order valence-electron chi connectivity index (χ4n) is 3.38. The predicted molar refractivity (Wildman–Crippen MR) is 110 cm³/mol. The molecule has 2 N–H and O–H groups in total. The van der Waals surface area contributed by atoms with Crippen LogP contribution in [0.3, 0.4) is 0 Å². The number of hydrogen-bond acceptors (Lipinski definition) is 4. The Hall–Kier alpha value is -3.80. The highest BCUT2D eigenvalue weighted by Crippen LogP contribution is 2.38. The normalized spacial score (nSPS) is 11.5. The van der Waals surface area contributed by atoms with E-state index in [1.807, 2.05) is 37.4 Å². The maximum absolute atomic E-state index is 11.7. The lowest BCUT2D eigenvalue weighted by Gasteiger charge is -2.08. The molecule has 0 bridgehead atoms. The molecule has 0 radical (unpaired) electrons. The van der Waals surface area contributed by atoms with Gasteiger partial charge in [-0.05, 0) is 42.3 Å². The van der Waals surface area contributed by atoms with Crippen LogP contribution in [-0.4, -0.2) is 21.8 Å². The average Bonchev–Trinajstić information content (AvgIpc) is 3.28. The molecule has 2 aromatic carbocycles. The van der Waals surface area contributed by atoms with Crippen molar-refractivity contribution < 1.29 is 9.15 Å². The van der Waals surface area contributed by atoms with Crippen molar-refractivity contribution in [3.05, 3.63) is 71.0 Å². The molecule has 0 aliphatic rings. The number of aromatic amines is 2. The molecule has 6 heteroatoms. The minimum atomic E-state index is -0.0917.